The number of aromatic nitrogens is 4. The highest BCUT2D eigenvalue weighted by atomic mass is 14.9. The largest absolute Gasteiger partial charge is 0.349 e. The molecule has 2 N–H and O–H groups in total. The first kappa shape index (κ1) is 9.96. The topological polar surface area (TPSA) is 57.4 Å². The van der Waals surface area contributed by atoms with Crippen molar-refractivity contribution in [2.24, 2.45) is 0 Å². The van der Waals surface area contributed by atoms with E-state index in [9.17, 15) is 0 Å². The van der Waals surface area contributed by atoms with Gasteiger partial charge in [0, 0.05) is 37.6 Å². The maximum absolute atomic E-state index is 4.19. The van der Waals surface area contributed by atoms with E-state index in [1.165, 1.54) is 19.3 Å². The highest BCUT2D eigenvalue weighted by Crippen LogP contribution is 2.04. The summed E-state index contributed by atoms with van der Waals surface area (Å²) in [7, 11) is 0. The average molecular weight is 204 g/mol. The number of hydrogen-bond acceptors (Lipinski definition) is 2. The minimum atomic E-state index is 1.05. The smallest absolute Gasteiger partial charge is 0.105 e. The van der Waals surface area contributed by atoms with Gasteiger partial charge < -0.3 is 9.97 Å². The summed E-state index contributed by atoms with van der Waals surface area (Å²) in [5.74, 6) is 2.18. The van der Waals surface area contributed by atoms with Crippen molar-refractivity contribution in [1.29, 1.82) is 0 Å². The highest BCUT2D eigenvalue weighted by molar-refractivity contribution is 4.88. The van der Waals surface area contributed by atoms with E-state index >= 15 is 0 Å². The Hall–Kier alpha value is -1.58. The summed E-state index contributed by atoms with van der Waals surface area (Å²) < 4.78 is 0. The Labute approximate surface area is 89.2 Å². The molecule has 80 valence electrons. The summed E-state index contributed by atoms with van der Waals surface area (Å²) in [5, 5.41) is 0. The number of hydrogen-bond donors (Lipinski definition) is 2. The van der Waals surface area contributed by atoms with Gasteiger partial charge in [0.25, 0.3) is 0 Å². The summed E-state index contributed by atoms with van der Waals surface area (Å²) in [6.07, 6.45) is 13.0. The number of nitrogens with zero attached hydrogens (tertiary/aromatic N) is 2. The summed E-state index contributed by atoms with van der Waals surface area (Å²) in [6, 6.07) is 0. The molecule has 0 atom stereocenters. The van der Waals surface area contributed by atoms with Crippen LogP contribution in [0.25, 0.3) is 0 Å². The standard InChI is InChI=1S/C11H16N4/c1(2-4-10-12-6-7-13-10)3-5-11-14-8-9-15-11/h6-9H,1-5H2,(H,12,13)(H,14,15). The van der Waals surface area contributed by atoms with Crippen LogP contribution >= 0.6 is 0 Å². The van der Waals surface area contributed by atoms with Crippen LogP contribution in [0.2, 0.25) is 0 Å². The van der Waals surface area contributed by atoms with Crippen LogP contribution < -0.4 is 0 Å². The van der Waals surface area contributed by atoms with Crippen molar-refractivity contribution < 1.29 is 0 Å². The molecule has 0 radical (unpaired) electrons. The van der Waals surface area contributed by atoms with Crippen LogP contribution in [0.4, 0.5) is 0 Å². The summed E-state index contributed by atoms with van der Waals surface area (Å²) in [4.78, 5) is 14.6. The quantitative estimate of drug-likeness (QED) is 0.708. The molecule has 2 aromatic heterocycles. The van der Waals surface area contributed by atoms with E-state index in [0.29, 0.717) is 0 Å². The van der Waals surface area contributed by atoms with Gasteiger partial charge in [-0.2, -0.15) is 0 Å². The number of aryl methyl sites for hydroxylation is 2. The summed E-state index contributed by atoms with van der Waals surface area (Å²) in [5.41, 5.74) is 0. The third kappa shape index (κ3) is 3.23. The monoisotopic (exact) mass is 204 g/mol. The SMILES string of the molecule is c1c[nH]c(CCCCCc2ncc[nH]2)n1. The van der Waals surface area contributed by atoms with Gasteiger partial charge in [-0.05, 0) is 12.8 Å². The van der Waals surface area contributed by atoms with Gasteiger partial charge in [0.05, 0.1) is 0 Å². The van der Waals surface area contributed by atoms with Crippen molar-refractivity contribution in [2.45, 2.75) is 32.1 Å². The van der Waals surface area contributed by atoms with Crippen LogP contribution in [-0.2, 0) is 12.8 Å². The first-order valence-corrected chi connectivity index (χ1v) is 5.41. The molecule has 2 rings (SSSR count). The van der Waals surface area contributed by atoms with E-state index in [1.54, 1.807) is 12.4 Å². The van der Waals surface area contributed by atoms with Gasteiger partial charge in [0.1, 0.15) is 11.6 Å². The molecule has 2 aromatic rings. The molecule has 0 fully saturated rings. The molecular weight excluding hydrogens is 188 g/mol. The number of unbranched alkanes of at least 4 members (excludes halogenated alkanes) is 2. The molecule has 0 saturated heterocycles. The maximum atomic E-state index is 4.19. The Morgan fingerprint density at radius 3 is 1.73 bits per heavy atom. The molecule has 0 aliphatic carbocycles. The minimum Gasteiger partial charge on any atom is -0.349 e. The first-order valence-electron chi connectivity index (χ1n) is 5.41. The lowest BCUT2D eigenvalue weighted by Gasteiger charge is -1.98. The Morgan fingerprint density at radius 2 is 1.33 bits per heavy atom. The van der Waals surface area contributed by atoms with E-state index in [4.69, 9.17) is 0 Å². The second kappa shape index (κ2) is 5.34. The number of nitrogens with one attached hydrogen (secondary N) is 2. The number of aromatic amines is 2. The van der Waals surface area contributed by atoms with Crippen LogP contribution in [0.1, 0.15) is 30.9 Å². The Morgan fingerprint density at radius 1 is 0.800 bits per heavy atom. The summed E-state index contributed by atoms with van der Waals surface area (Å²) in [6.45, 7) is 0. The predicted molar refractivity (Wildman–Crippen MR) is 58.4 cm³/mol. The zero-order valence-electron chi connectivity index (χ0n) is 8.74. The third-order valence-electron chi connectivity index (χ3n) is 2.44. The van der Waals surface area contributed by atoms with Crippen LogP contribution in [0.3, 0.4) is 0 Å². The molecule has 0 bridgehead atoms. The lowest BCUT2D eigenvalue weighted by Crippen LogP contribution is -1.91. The van der Waals surface area contributed by atoms with Crippen LogP contribution in [0, 0.1) is 0 Å². The van der Waals surface area contributed by atoms with Gasteiger partial charge >= 0.3 is 0 Å². The fourth-order valence-corrected chi connectivity index (χ4v) is 1.63. The van der Waals surface area contributed by atoms with E-state index in [1.807, 2.05) is 12.4 Å². The molecule has 4 heteroatoms. The Bertz CT molecular complexity index is 314. The van der Waals surface area contributed by atoms with Gasteiger partial charge in [0.2, 0.25) is 0 Å². The molecule has 0 spiro atoms. The molecule has 0 aromatic carbocycles. The highest BCUT2D eigenvalue weighted by Gasteiger charge is 1.97. The molecule has 0 saturated carbocycles. The van der Waals surface area contributed by atoms with Gasteiger partial charge in [0.15, 0.2) is 0 Å². The molecule has 2 heterocycles. The lowest BCUT2D eigenvalue weighted by atomic mass is 10.1. The molecular formula is C11H16N4. The van der Waals surface area contributed by atoms with Crippen molar-refractivity contribution in [3.63, 3.8) is 0 Å². The van der Waals surface area contributed by atoms with Crippen molar-refractivity contribution in [1.82, 2.24) is 19.9 Å². The number of rotatable bonds is 6. The molecule has 0 aliphatic heterocycles. The minimum absolute atomic E-state index is 1.05. The Kier molecular flexibility index (Phi) is 3.54. The molecule has 0 amide bonds. The fourth-order valence-electron chi connectivity index (χ4n) is 1.63. The molecule has 0 aliphatic rings. The fraction of sp³-hybridized carbons (Fsp3) is 0.455. The second-order valence-electron chi connectivity index (χ2n) is 3.63. The van der Waals surface area contributed by atoms with Gasteiger partial charge in [-0.1, -0.05) is 6.42 Å². The molecule has 15 heavy (non-hydrogen) atoms. The second-order valence-corrected chi connectivity index (χ2v) is 3.63. The Balaban J connectivity index is 1.56. The average Bonchev–Trinajstić information content (AvgIpc) is 2.88. The van der Waals surface area contributed by atoms with Gasteiger partial charge in [-0.25, -0.2) is 9.97 Å². The van der Waals surface area contributed by atoms with Crippen LogP contribution in [-0.4, -0.2) is 19.9 Å². The lowest BCUT2D eigenvalue weighted by molar-refractivity contribution is 0.654. The zero-order chi connectivity index (χ0) is 10.3. The van der Waals surface area contributed by atoms with Crippen LogP contribution in [0.15, 0.2) is 24.8 Å². The number of imidazole rings is 2. The zero-order valence-corrected chi connectivity index (χ0v) is 8.74. The third-order valence-corrected chi connectivity index (χ3v) is 2.44. The van der Waals surface area contributed by atoms with Crippen molar-refractivity contribution >= 4 is 0 Å². The van der Waals surface area contributed by atoms with Crippen molar-refractivity contribution in [3.05, 3.63) is 36.4 Å². The van der Waals surface area contributed by atoms with Gasteiger partial charge in [-0.15, -0.1) is 0 Å². The van der Waals surface area contributed by atoms with Gasteiger partial charge in [-0.3, -0.25) is 0 Å². The maximum Gasteiger partial charge on any atom is 0.105 e. The summed E-state index contributed by atoms with van der Waals surface area (Å²) >= 11 is 0. The van der Waals surface area contributed by atoms with Crippen LogP contribution in [0.5, 0.6) is 0 Å². The van der Waals surface area contributed by atoms with Crippen molar-refractivity contribution in [2.75, 3.05) is 0 Å². The van der Waals surface area contributed by atoms with E-state index in [2.05, 4.69) is 19.9 Å². The number of H-pyrrole nitrogens is 2. The van der Waals surface area contributed by atoms with E-state index in [-0.39, 0.29) is 0 Å². The predicted octanol–water partition coefficient (Wildman–Crippen LogP) is 2.09. The van der Waals surface area contributed by atoms with E-state index in [0.717, 1.165) is 24.5 Å². The molecule has 0 unspecified atom stereocenters. The molecule has 4 nitrogen and oxygen atoms in total. The normalized spacial score (nSPS) is 10.7. The first-order chi connectivity index (χ1) is 7.45. The van der Waals surface area contributed by atoms with Crippen molar-refractivity contribution in [3.8, 4) is 0 Å². The van der Waals surface area contributed by atoms with E-state index < -0.39 is 0 Å².